The number of carbonyl (C=O) groups is 1. The van der Waals surface area contributed by atoms with E-state index in [1.165, 1.54) is 16.7 Å². The number of hydrogen-bond donors (Lipinski definition) is 0. The lowest BCUT2D eigenvalue weighted by atomic mass is 10.1. The number of benzene rings is 1. The minimum Gasteiger partial charge on any atom is -0.496 e. The van der Waals surface area contributed by atoms with Gasteiger partial charge < -0.3 is 9.53 Å². The molecule has 0 aliphatic heterocycles. The van der Waals surface area contributed by atoms with Crippen molar-refractivity contribution in [3.8, 4) is 5.75 Å². The van der Waals surface area contributed by atoms with Gasteiger partial charge in [0.25, 0.3) is 0 Å². The number of rotatable bonds is 4. The van der Waals surface area contributed by atoms with Crippen molar-refractivity contribution in [2.24, 2.45) is 0 Å². The van der Waals surface area contributed by atoms with Crippen LogP contribution in [0.15, 0.2) is 12.1 Å². The Bertz CT molecular complexity index is 388. The van der Waals surface area contributed by atoms with Crippen LogP contribution in [0.5, 0.6) is 5.75 Å². The molecule has 0 fully saturated rings. The molecule has 1 rings (SSSR count). The zero-order chi connectivity index (χ0) is 15.1. The summed E-state index contributed by atoms with van der Waals surface area (Å²) in [5.41, 5.74) is 3.72. The summed E-state index contributed by atoms with van der Waals surface area (Å²) in [7, 11) is 4.26. The molecule has 0 aromatic heterocycles. The van der Waals surface area contributed by atoms with Crippen molar-refractivity contribution in [2.45, 2.75) is 52.6 Å². The SMILES string of the molecule is CCCC(C)(P)C=O.COc1c(C)cc(C)cc1C. The second kappa shape index (κ2) is 8.32. The molecule has 2 nitrogen and oxygen atoms in total. The standard InChI is InChI=1S/C10H14O.C6H13OP/c1-7-5-8(2)10(11-4)9(3)6-7;1-3-4-6(2,8)5-7/h5-6H,1-4H3;5H,3-4,8H2,1-2H3. The topological polar surface area (TPSA) is 26.3 Å². The first-order valence-corrected chi connectivity index (χ1v) is 7.22. The van der Waals surface area contributed by atoms with Gasteiger partial charge in [-0.3, -0.25) is 0 Å². The normalized spacial score (nSPS) is 13.0. The molecule has 1 aromatic carbocycles. The van der Waals surface area contributed by atoms with E-state index in [2.05, 4.69) is 49.1 Å². The lowest BCUT2D eigenvalue weighted by Gasteiger charge is -2.13. The predicted molar refractivity (Wildman–Crippen MR) is 86.3 cm³/mol. The third kappa shape index (κ3) is 6.73. The number of aldehydes is 1. The van der Waals surface area contributed by atoms with Gasteiger partial charge in [-0.1, -0.05) is 31.0 Å². The van der Waals surface area contributed by atoms with Gasteiger partial charge >= 0.3 is 0 Å². The third-order valence-corrected chi connectivity index (χ3v) is 3.29. The van der Waals surface area contributed by atoms with Crippen LogP contribution in [0, 0.1) is 20.8 Å². The Labute approximate surface area is 120 Å². The fourth-order valence-corrected chi connectivity index (χ4v) is 2.38. The van der Waals surface area contributed by atoms with Crippen LogP contribution in [0.3, 0.4) is 0 Å². The van der Waals surface area contributed by atoms with E-state index in [4.69, 9.17) is 4.74 Å². The van der Waals surface area contributed by atoms with E-state index in [0.717, 1.165) is 24.9 Å². The first-order chi connectivity index (χ1) is 8.77. The van der Waals surface area contributed by atoms with Gasteiger partial charge in [-0.2, -0.15) is 0 Å². The molecule has 0 saturated carbocycles. The summed E-state index contributed by atoms with van der Waals surface area (Å²) in [5.74, 6) is 1.01. The quantitative estimate of drug-likeness (QED) is 0.610. The van der Waals surface area contributed by atoms with Crippen LogP contribution in [0.1, 0.15) is 43.4 Å². The van der Waals surface area contributed by atoms with Crippen LogP contribution >= 0.6 is 9.24 Å². The maximum absolute atomic E-state index is 10.2. The van der Waals surface area contributed by atoms with E-state index in [-0.39, 0.29) is 5.16 Å². The van der Waals surface area contributed by atoms with Crippen LogP contribution < -0.4 is 4.74 Å². The molecule has 0 spiro atoms. The molecule has 1 aromatic rings. The van der Waals surface area contributed by atoms with E-state index >= 15 is 0 Å². The minimum absolute atomic E-state index is 0.172. The van der Waals surface area contributed by atoms with E-state index in [9.17, 15) is 4.79 Å². The molecule has 2 atom stereocenters. The Hall–Kier alpha value is -0.880. The monoisotopic (exact) mass is 282 g/mol. The van der Waals surface area contributed by atoms with E-state index in [0.29, 0.717) is 0 Å². The summed E-state index contributed by atoms with van der Waals surface area (Å²) in [5, 5.41) is -0.172. The molecule has 108 valence electrons. The van der Waals surface area contributed by atoms with Crippen LogP contribution in [-0.2, 0) is 4.79 Å². The number of carbonyl (C=O) groups excluding carboxylic acids is 1. The Balaban J connectivity index is 0.000000362. The summed E-state index contributed by atoms with van der Waals surface area (Å²) in [6.07, 6.45) is 3.01. The van der Waals surface area contributed by atoms with Crippen molar-refractivity contribution in [3.05, 3.63) is 28.8 Å². The first kappa shape index (κ1) is 18.1. The smallest absolute Gasteiger partial charge is 0.129 e. The van der Waals surface area contributed by atoms with Gasteiger partial charge in [0.05, 0.1) is 7.11 Å². The molecule has 19 heavy (non-hydrogen) atoms. The third-order valence-electron chi connectivity index (χ3n) is 2.87. The van der Waals surface area contributed by atoms with Crippen molar-refractivity contribution in [1.82, 2.24) is 0 Å². The fourth-order valence-electron chi connectivity index (χ4n) is 2.09. The molecule has 0 heterocycles. The highest BCUT2D eigenvalue weighted by molar-refractivity contribution is 7.20. The highest BCUT2D eigenvalue weighted by Crippen LogP contribution is 2.23. The fraction of sp³-hybridized carbons (Fsp3) is 0.562. The molecule has 0 N–H and O–H groups in total. The first-order valence-electron chi connectivity index (χ1n) is 6.64. The second-order valence-corrected chi connectivity index (χ2v) is 6.62. The Kier molecular flexibility index (Phi) is 7.94. The van der Waals surface area contributed by atoms with Gasteiger partial charge in [-0.05, 0) is 45.2 Å². The largest absolute Gasteiger partial charge is 0.496 e. The summed E-state index contributed by atoms with van der Waals surface area (Å²) >= 11 is 0. The number of ether oxygens (including phenoxy) is 1. The van der Waals surface area contributed by atoms with Gasteiger partial charge in [0.2, 0.25) is 0 Å². The zero-order valence-electron chi connectivity index (χ0n) is 13.0. The molecule has 0 amide bonds. The lowest BCUT2D eigenvalue weighted by molar-refractivity contribution is -0.109. The summed E-state index contributed by atoms with van der Waals surface area (Å²) in [6, 6.07) is 4.26. The lowest BCUT2D eigenvalue weighted by Crippen LogP contribution is -2.15. The molecule has 0 aliphatic rings. The molecule has 0 aliphatic carbocycles. The summed E-state index contributed by atoms with van der Waals surface area (Å²) in [4.78, 5) is 10.2. The van der Waals surface area contributed by atoms with E-state index in [1.807, 2.05) is 6.92 Å². The average molecular weight is 282 g/mol. The number of hydrogen-bond acceptors (Lipinski definition) is 2. The van der Waals surface area contributed by atoms with Crippen molar-refractivity contribution >= 4 is 15.5 Å². The Morgan fingerprint density at radius 2 is 1.74 bits per heavy atom. The van der Waals surface area contributed by atoms with Crippen molar-refractivity contribution in [2.75, 3.05) is 7.11 Å². The van der Waals surface area contributed by atoms with E-state index in [1.54, 1.807) is 7.11 Å². The van der Waals surface area contributed by atoms with Crippen LogP contribution in [0.2, 0.25) is 0 Å². The molecule has 0 saturated heterocycles. The number of aryl methyl sites for hydroxylation is 3. The van der Waals surface area contributed by atoms with Crippen molar-refractivity contribution < 1.29 is 9.53 Å². The summed E-state index contributed by atoms with van der Waals surface area (Å²) < 4.78 is 5.23. The van der Waals surface area contributed by atoms with Gasteiger partial charge in [-0.15, -0.1) is 9.24 Å². The zero-order valence-corrected chi connectivity index (χ0v) is 14.2. The van der Waals surface area contributed by atoms with Crippen LogP contribution in [-0.4, -0.2) is 18.6 Å². The molecule has 2 unspecified atom stereocenters. The van der Waals surface area contributed by atoms with Crippen LogP contribution in [0.25, 0.3) is 0 Å². The highest BCUT2D eigenvalue weighted by Gasteiger charge is 2.13. The summed E-state index contributed by atoms with van der Waals surface area (Å²) in [6.45, 7) is 10.2. The van der Waals surface area contributed by atoms with E-state index < -0.39 is 0 Å². The number of methoxy groups -OCH3 is 1. The van der Waals surface area contributed by atoms with Crippen molar-refractivity contribution in [1.29, 1.82) is 0 Å². The maximum atomic E-state index is 10.2. The van der Waals surface area contributed by atoms with Gasteiger partial charge in [-0.25, -0.2) is 0 Å². The minimum atomic E-state index is -0.172. The molecule has 0 bridgehead atoms. The Morgan fingerprint density at radius 3 is 2.00 bits per heavy atom. The van der Waals surface area contributed by atoms with Crippen LogP contribution in [0.4, 0.5) is 0 Å². The van der Waals surface area contributed by atoms with Gasteiger partial charge in [0, 0.05) is 5.16 Å². The predicted octanol–water partition coefficient (Wildman–Crippen LogP) is 4.24. The van der Waals surface area contributed by atoms with Gasteiger partial charge in [0.15, 0.2) is 0 Å². The average Bonchev–Trinajstić information content (AvgIpc) is 2.29. The highest BCUT2D eigenvalue weighted by atomic mass is 31.0. The molecular formula is C16H27O2P. The Morgan fingerprint density at radius 1 is 1.26 bits per heavy atom. The van der Waals surface area contributed by atoms with Gasteiger partial charge in [0.1, 0.15) is 12.0 Å². The maximum Gasteiger partial charge on any atom is 0.129 e. The van der Waals surface area contributed by atoms with Crippen molar-refractivity contribution in [3.63, 3.8) is 0 Å². The molecule has 0 radical (unpaired) electrons. The second-order valence-electron chi connectivity index (χ2n) is 5.31. The molecule has 3 heteroatoms. The molecular weight excluding hydrogens is 255 g/mol.